The molecule has 0 aliphatic carbocycles. The van der Waals surface area contributed by atoms with Gasteiger partial charge in [0.2, 0.25) is 11.8 Å². The summed E-state index contributed by atoms with van der Waals surface area (Å²) in [6, 6.07) is 0. The monoisotopic (exact) mass is 222 g/mol. The summed E-state index contributed by atoms with van der Waals surface area (Å²) in [5.41, 5.74) is 4.50. The summed E-state index contributed by atoms with van der Waals surface area (Å²) < 4.78 is 0. The molecule has 0 aromatic heterocycles. The molecular weight excluding hydrogens is 212 g/mol. The molecule has 0 saturated carbocycles. The van der Waals surface area contributed by atoms with Gasteiger partial charge in [-0.25, -0.2) is 0 Å². The van der Waals surface area contributed by atoms with Gasteiger partial charge in [0, 0.05) is 6.42 Å². The molecule has 5 heteroatoms. The Hall–Kier alpha value is -0.580. The van der Waals surface area contributed by atoms with Gasteiger partial charge in [-0.15, -0.1) is 0 Å². The van der Waals surface area contributed by atoms with E-state index in [0.717, 1.165) is 6.42 Å². The Bertz CT molecular complexity index is 150. The number of halogens is 1. The zero-order valence-corrected chi connectivity index (χ0v) is 7.90. The summed E-state index contributed by atoms with van der Waals surface area (Å²) in [7, 11) is 0. The van der Waals surface area contributed by atoms with Crippen molar-refractivity contribution in [2.75, 3.05) is 5.33 Å². The molecule has 0 rings (SSSR count). The normalized spacial score (nSPS) is 8.91. The highest BCUT2D eigenvalue weighted by Gasteiger charge is 2.00. The maximum Gasteiger partial charge on any atom is 0.249 e. The van der Waals surface area contributed by atoms with E-state index in [9.17, 15) is 9.59 Å². The third kappa shape index (κ3) is 5.84. The van der Waals surface area contributed by atoms with Gasteiger partial charge in [-0.05, 0) is 6.42 Å². The fourth-order valence-electron chi connectivity index (χ4n) is 0.462. The first-order chi connectivity index (χ1) is 5.20. The molecule has 0 aromatic carbocycles. The number of carbonyl (C=O) groups is 2. The van der Waals surface area contributed by atoms with E-state index in [1.54, 1.807) is 0 Å². The molecule has 0 fully saturated rings. The Kier molecular flexibility index (Phi) is 5.83. The van der Waals surface area contributed by atoms with E-state index >= 15 is 0 Å². The molecule has 2 amide bonds. The van der Waals surface area contributed by atoms with Gasteiger partial charge >= 0.3 is 0 Å². The number of nitrogens with one attached hydrogen (secondary N) is 2. The predicted molar refractivity (Wildman–Crippen MR) is 45.0 cm³/mol. The van der Waals surface area contributed by atoms with E-state index < -0.39 is 0 Å². The summed E-state index contributed by atoms with van der Waals surface area (Å²) in [6.07, 6.45) is 1.21. The van der Waals surface area contributed by atoms with E-state index in [1.165, 1.54) is 0 Å². The van der Waals surface area contributed by atoms with Crippen LogP contribution in [0.2, 0.25) is 0 Å². The maximum absolute atomic E-state index is 10.7. The maximum atomic E-state index is 10.7. The smallest absolute Gasteiger partial charge is 0.249 e. The molecular formula is C6H11BrN2O2. The first-order valence-electron chi connectivity index (χ1n) is 3.34. The van der Waals surface area contributed by atoms with Crippen LogP contribution in [-0.4, -0.2) is 17.1 Å². The highest BCUT2D eigenvalue weighted by molar-refractivity contribution is 9.09. The van der Waals surface area contributed by atoms with Crippen LogP contribution in [0.5, 0.6) is 0 Å². The van der Waals surface area contributed by atoms with E-state index in [4.69, 9.17) is 0 Å². The fourth-order valence-corrected chi connectivity index (χ4v) is 0.603. The van der Waals surface area contributed by atoms with Crippen LogP contribution in [0, 0.1) is 0 Å². The van der Waals surface area contributed by atoms with Gasteiger partial charge in [-0.3, -0.25) is 20.4 Å². The molecule has 4 nitrogen and oxygen atoms in total. The Balaban J connectivity index is 3.38. The minimum Gasteiger partial charge on any atom is -0.273 e. The van der Waals surface area contributed by atoms with Gasteiger partial charge in [0.15, 0.2) is 0 Å². The second-order valence-electron chi connectivity index (χ2n) is 1.98. The molecule has 2 N–H and O–H groups in total. The van der Waals surface area contributed by atoms with Gasteiger partial charge in [0.1, 0.15) is 0 Å². The second kappa shape index (κ2) is 6.15. The number of alkyl halides is 1. The number of hydrogen-bond acceptors (Lipinski definition) is 2. The van der Waals surface area contributed by atoms with Crippen LogP contribution < -0.4 is 10.9 Å². The van der Waals surface area contributed by atoms with Crippen LogP contribution in [-0.2, 0) is 9.59 Å². The number of rotatable bonds is 3. The van der Waals surface area contributed by atoms with Crippen molar-refractivity contribution in [1.82, 2.24) is 10.9 Å². The minimum atomic E-state index is -0.255. The van der Waals surface area contributed by atoms with Crippen LogP contribution in [0.25, 0.3) is 0 Å². The van der Waals surface area contributed by atoms with Gasteiger partial charge in [0.25, 0.3) is 0 Å². The lowest BCUT2D eigenvalue weighted by Gasteiger charge is -2.03. The van der Waals surface area contributed by atoms with Gasteiger partial charge in [0.05, 0.1) is 5.33 Å². The molecule has 0 spiro atoms. The summed E-state index contributed by atoms with van der Waals surface area (Å²) in [6.45, 7) is 1.89. The quantitative estimate of drug-likeness (QED) is 0.535. The number of hydrazine groups is 1. The lowest BCUT2D eigenvalue weighted by Crippen LogP contribution is -2.42. The summed E-state index contributed by atoms with van der Waals surface area (Å²) in [5, 5.41) is 0.194. The largest absolute Gasteiger partial charge is 0.273 e. The highest BCUT2D eigenvalue weighted by Crippen LogP contribution is 1.83. The molecule has 0 aliphatic rings. The topological polar surface area (TPSA) is 58.2 Å². The van der Waals surface area contributed by atoms with Gasteiger partial charge < -0.3 is 0 Å². The average Bonchev–Trinajstić information content (AvgIpc) is 2.01. The van der Waals surface area contributed by atoms with Crippen LogP contribution in [0.4, 0.5) is 0 Å². The molecule has 11 heavy (non-hydrogen) atoms. The van der Waals surface area contributed by atoms with Crippen molar-refractivity contribution < 1.29 is 9.59 Å². The summed E-state index contributed by atoms with van der Waals surface area (Å²) >= 11 is 2.94. The molecule has 64 valence electrons. The van der Waals surface area contributed by atoms with Crippen molar-refractivity contribution in [2.24, 2.45) is 0 Å². The zero-order chi connectivity index (χ0) is 8.69. The third-order valence-electron chi connectivity index (χ3n) is 0.940. The SMILES string of the molecule is CCCC(=O)NNC(=O)CBr. The molecule has 0 saturated heterocycles. The van der Waals surface area contributed by atoms with Crippen LogP contribution in [0.15, 0.2) is 0 Å². The van der Waals surface area contributed by atoms with Crippen molar-refractivity contribution in [2.45, 2.75) is 19.8 Å². The van der Waals surface area contributed by atoms with Crippen LogP contribution in [0.3, 0.4) is 0 Å². The molecule has 0 unspecified atom stereocenters. The van der Waals surface area contributed by atoms with Crippen molar-refractivity contribution in [3.8, 4) is 0 Å². The molecule has 0 radical (unpaired) electrons. The van der Waals surface area contributed by atoms with Crippen molar-refractivity contribution in [3.05, 3.63) is 0 Å². The number of amides is 2. The third-order valence-corrected chi connectivity index (χ3v) is 1.45. The second-order valence-corrected chi connectivity index (χ2v) is 2.54. The molecule has 0 aliphatic heterocycles. The number of carbonyl (C=O) groups excluding carboxylic acids is 2. The highest BCUT2D eigenvalue weighted by atomic mass is 79.9. The van der Waals surface area contributed by atoms with Crippen molar-refractivity contribution in [3.63, 3.8) is 0 Å². The summed E-state index contributed by atoms with van der Waals surface area (Å²) in [5.74, 6) is -0.420. The van der Waals surface area contributed by atoms with Crippen molar-refractivity contribution in [1.29, 1.82) is 0 Å². The standard InChI is InChI=1S/C6H11BrN2O2/c1-2-3-5(10)8-9-6(11)4-7/h2-4H2,1H3,(H,8,10)(H,9,11). The Morgan fingerprint density at radius 2 is 1.82 bits per heavy atom. The van der Waals surface area contributed by atoms with Crippen LogP contribution in [0.1, 0.15) is 19.8 Å². The average molecular weight is 223 g/mol. The first kappa shape index (κ1) is 10.4. The minimum absolute atomic E-state index is 0.165. The van der Waals surface area contributed by atoms with E-state index in [-0.39, 0.29) is 17.1 Å². The fraction of sp³-hybridized carbons (Fsp3) is 0.667. The van der Waals surface area contributed by atoms with Gasteiger partial charge in [-0.1, -0.05) is 22.9 Å². The molecule has 0 heterocycles. The molecule has 0 bridgehead atoms. The van der Waals surface area contributed by atoms with E-state index in [1.807, 2.05) is 6.92 Å². The number of hydrogen-bond donors (Lipinski definition) is 2. The molecule has 0 aromatic rings. The predicted octanol–water partition coefficient (Wildman–Crippen LogP) is 0.329. The van der Waals surface area contributed by atoms with Gasteiger partial charge in [-0.2, -0.15) is 0 Å². The van der Waals surface area contributed by atoms with Crippen molar-refractivity contribution >= 4 is 27.7 Å². The lowest BCUT2D eigenvalue weighted by molar-refractivity contribution is -0.127. The van der Waals surface area contributed by atoms with E-state index in [2.05, 4.69) is 26.8 Å². The Labute approximate surface area is 73.8 Å². The van der Waals surface area contributed by atoms with Crippen LogP contribution >= 0.6 is 15.9 Å². The molecule has 0 atom stereocenters. The first-order valence-corrected chi connectivity index (χ1v) is 4.46. The Morgan fingerprint density at radius 3 is 2.27 bits per heavy atom. The lowest BCUT2D eigenvalue weighted by atomic mass is 10.3. The zero-order valence-electron chi connectivity index (χ0n) is 6.32. The Morgan fingerprint density at radius 1 is 1.27 bits per heavy atom. The van der Waals surface area contributed by atoms with E-state index in [0.29, 0.717) is 6.42 Å². The summed E-state index contributed by atoms with van der Waals surface area (Å²) in [4.78, 5) is 21.3.